The van der Waals surface area contributed by atoms with Crippen LogP contribution in [0.4, 0.5) is 5.69 Å². The topological polar surface area (TPSA) is 84.4 Å². The van der Waals surface area contributed by atoms with Gasteiger partial charge >= 0.3 is 0 Å². The summed E-state index contributed by atoms with van der Waals surface area (Å²) in [6.45, 7) is 1.80. The number of amides is 1. The third-order valence-electron chi connectivity index (χ3n) is 4.33. The molecule has 1 saturated heterocycles. The van der Waals surface area contributed by atoms with Gasteiger partial charge in [-0.05, 0) is 57.1 Å². The summed E-state index contributed by atoms with van der Waals surface area (Å²) in [4.78, 5) is 18.7. The number of nitrogens with zero attached hydrogens (tertiary/aromatic N) is 2. The molecule has 1 aromatic carbocycles. The van der Waals surface area contributed by atoms with Crippen molar-refractivity contribution < 1.29 is 9.21 Å². The smallest absolute Gasteiger partial charge is 0.273 e. The van der Waals surface area contributed by atoms with E-state index in [4.69, 9.17) is 10.2 Å². The van der Waals surface area contributed by atoms with Crippen LogP contribution in [0.5, 0.6) is 0 Å². The van der Waals surface area contributed by atoms with E-state index in [1.165, 1.54) is 19.1 Å². The quantitative estimate of drug-likeness (QED) is 0.826. The van der Waals surface area contributed by atoms with Crippen molar-refractivity contribution in [1.29, 1.82) is 0 Å². The molecule has 23 heavy (non-hydrogen) atoms. The van der Waals surface area contributed by atoms with Crippen LogP contribution in [0.3, 0.4) is 0 Å². The first-order valence-corrected chi connectivity index (χ1v) is 7.93. The maximum Gasteiger partial charge on any atom is 0.273 e. The number of nitrogens with one attached hydrogen (secondary N) is 1. The average molecular weight is 314 g/mol. The fraction of sp³-hybridized carbons (Fsp3) is 0.412. The molecule has 1 aromatic heterocycles. The first-order chi connectivity index (χ1) is 11.1. The Morgan fingerprint density at radius 2 is 2.22 bits per heavy atom. The van der Waals surface area contributed by atoms with Crippen LogP contribution in [0.1, 0.15) is 29.8 Å². The molecule has 0 spiro atoms. The molecule has 1 fully saturated rings. The van der Waals surface area contributed by atoms with Crippen LogP contribution in [0, 0.1) is 0 Å². The number of carbonyl (C=O) groups is 1. The van der Waals surface area contributed by atoms with Crippen molar-refractivity contribution in [2.45, 2.75) is 25.3 Å². The molecular weight excluding hydrogens is 292 g/mol. The molecule has 6 nitrogen and oxygen atoms in total. The summed E-state index contributed by atoms with van der Waals surface area (Å²) in [7, 11) is 2.13. The number of aromatic nitrogens is 1. The van der Waals surface area contributed by atoms with E-state index < -0.39 is 0 Å². The Bertz CT molecular complexity index is 665. The van der Waals surface area contributed by atoms with Gasteiger partial charge < -0.3 is 20.4 Å². The molecular formula is C17H22N4O2. The average Bonchev–Trinajstić information content (AvgIpc) is 3.18. The minimum atomic E-state index is -0.198. The maximum atomic E-state index is 12.1. The second kappa shape index (κ2) is 6.83. The highest BCUT2D eigenvalue weighted by Crippen LogP contribution is 2.20. The monoisotopic (exact) mass is 314 g/mol. The van der Waals surface area contributed by atoms with Crippen LogP contribution in [-0.2, 0) is 0 Å². The van der Waals surface area contributed by atoms with Crippen LogP contribution in [0.2, 0.25) is 0 Å². The third kappa shape index (κ3) is 3.71. The highest BCUT2D eigenvalue weighted by atomic mass is 16.3. The number of anilines is 1. The lowest BCUT2D eigenvalue weighted by molar-refractivity contribution is 0.0945. The van der Waals surface area contributed by atoms with Crippen molar-refractivity contribution in [2.75, 3.05) is 25.9 Å². The largest absolute Gasteiger partial charge is 0.444 e. The summed E-state index contributed by atoms with van der Waals surface area (Å²) < 4.78 is 5.39. The molecule has 3 N–H and O–H groups in total. The molecule has 1 aliphatic heterocycles. The first kappa shape index (κ1) is 15.6. The first-order valence-electron chi connectivity index (χ1n) is 7.93. The van der Waals surface area contributed by atoms with Gasteiger partial charge in [-0.1, -0.05) is 0 Å². The van der Waals surface area contributed by atoms with Crippen LogP contribution >= 0.6 is 0 Å². The second-order valence-corrected chi connectivity index (χ2v) is 5.98. The van der Waals surface area contributed by atoms with E-state index >= 15 is 0 Å². The molecule has 0 aliphatic carbocycles. The molecule has 2 heterocycles. The minimum Gasteiger partial charge on any atom is -0.444 e. The molecule has 0 bridgehead atoms. The van der Waals surface area contributed by atoms with E-state index in [1.807, 2.05) is 12.1 Å². The van der Waals surface area contributed by atoms with E-state index in [9.17, 15) is 4.79 Å². The lowest BCUT2D eigenvalue weighted by Gasteiger charge is -2.18. The van der Waals surface area contributed by atoms with Gasteiger partial charge in [0.2, 0.25) is 5.89 Å². The Labute approximate surface area is 135 Å². The Balaban J connectivity index is 1.55. The predicted molar refractivity (Wildman–Crippen MR) is 89.0 cm³/mol. The number of benzene rings is 1. The Kier molecular flexibility index (Phi) is 4.62. The predicted octanol–water partition coefficient (Wildman–Crippen LogP) is 2.14. The summed E-state index contributed by atoms with van der Waals surface area (Å²) in [5.74, 6) is 0.224. The SMILES string of the molecule is CN1CCCC1CCNC(=O)c1coc(-c2ccc(N)cc2)n1. The van der Waals surface area contributed by atoms with E-state index in [0.717, 1.165) is 18.5 Å². The van der Waals surface area contributed by atoms with Crippen LogP contribution in [-0.4, -0.2) is 42.0 Å². The van der Waals surface area contributed by atoms with Crippen LogP contribution in [0.15, 0.2) is 34.9 Å². The molecule has 1 amide bonds. The van der Waals surface area contributed by atoms with Crippen molar-refractivity contribution >= 4 is 11.6 Å². The highest BCUT2D eigenvalue weighted by Gasteiger charge is 2.20. The van der Waals surface area contributed by atoms with Gasteiger partial charge in [-0.3, -0.25) is 4.79 Å². The molecule has 122 valence electrons. The second-order valence-electron chi connectivity index (χ2n) is 5.98. The van der Waals surface area contributed by atoms with E-state index in [1.54, 1.807) is 12.1 Å². The Hall–Kier alpha value is -2.34. The van der Waals surface area contributed by atoms with Gasteiger partial charge in [0.15, 0.2) is 5.69 Å². The number of nitrogens with two attached hydrogens (primary N) is 1. The molecule has 1 atom stereocenters. The summed E-state index contributed by atoms with van der Waals surface area (Å²) in [5, 5.41) is 2.91. The van der Waals surface area contributed by atoms with Gasteiger partial charge in [-0.15, -0.1) is 0 Å². The maximum absolute atomic E-state index is 12.1. The summed E-state index contributed by atoms with van der Waals surface area (Å²) >= 11 is 0. The van der Waals surface area contributed by atoms with Crippen molar-refractivity contribution in [3.8, 4) is 11.5 Å². The van der Waals surface area contributed by atoms with Crippen molar-refractivity contribution in [2.24, 2.45) is 0 Å². The van der Waals surface area contributed by atoms with E-state index in [0.29, 0.717) is 29.9 Å². The highest BCUT2D eigenvalue weighted by molar-refractivity contribution is 5.92. The van der Waals surface area contributed by atoms with Crippen LogP contribution in [0.25, 0.3) is 11.5 Å². The zero-order valence-corrected chi connectivity index (χ0v) is 13.3. The number of carbonyl (C=O) groups excluding carboxylic acids is 1. The summed E-state index contributed by atoms with van der Waals surface area (Å²) in [5.41, 5.74) is 7.43. The van der Waals surface area contributed by atoms with Crippen molar-refractivity contribution in [1.82, 2.24) is 15.2 Å². The van der Waals surface area contributed by atoms with Gasteiger partial charge in [0.25, 0.3) is 5.91 Å². The molecule has 1 aliphatic rings. The normalized spacial score (nSPS) is 18.2. The van der Waals surface area contributed by atoms with E-state index in [2.05, 4.69) is 22.2 Å². The van der Waals surface area contributed by atoms with E-state index in [-0.39, 0.29) is 5.91 Å². The molecule has 2 aromatic rings. The fourth-order valence-electron chi connectivity index (χ4n) is 2.92. The van der Waals surface area contributed by atoms with Gasteiger partial charge in [0.1, 0.15) is 6.26 Å². The number of rotatable bonds is 5. The zero-order valence-electron chi connectivity index (χ0n) is 13.3. The van der Waals surface area contributed by atoms with Gasteiger partial charge in [0, 0.05) is 23.8 Å². The van der Waals surface area contributed by atoms with Crippen molar-refractivity contribution in [3.63, 3.8) is 0 Å². The number of hydrogen-bond acceptors (Lipinski definition) is 5. The summed E-state index contributed by atoms with van der Waals surface area (Å²) in [6, 6.07) is 7.75. The zero-order chi connectivity index (χ0) is 16.2. The minimum absolute atomic E-state index is 0.198. The molecule has 1 unspecified atom stereocenters. The van der Waals surface area contributed by atoms with Gasteiger partial charge in [0.05, 0.1) is 0 Å². The Morgan fingerprint density at radius 1 is 1.43 bits per heavy atom. The van der Waals surface area contributed by atoms with Crippen LogP contribution < -0.4 is 11.1 Å². The lowest BCUT2D eigenvalue weighted by Crippen LogP contribution is -2.31. The lowest BCUT2D eigenvalue weighted by atomic mass is 10.1. The number of nitrogen functional groups attached to an aromatic ring is 1. The Morgan fingerprint density at radius 3 is 2.91 bits per heavy atom. The number of likely N-dealkylation sites (tertiary alicyclic amines) is 1. The summed E-state index contributed by atoms with van der Waals surface area (Å²) in [6.07, 6.45) is 4.80. The van der Waals surface area contributed by atoms with Crippen molar-refractivity contribution in [3.05, 3.63) is 36.2 Å². The number of oxazole rings is 1. The fourth-order valence-corrected chi connectivity index (χ4v) is 2.92. The molecule has 0 radical (unpaired) electrons. The van der Waals surface area contributed by atoms with Gasteiger partial charge in [-0.2, -0.15) is 0 Å². The number of hydrogen-bond donors (Lipinski definition) is 2. The standard InChI is InChI=1S/C17H22N4O2/c1-21-10-2-3-14(21)8-9-19-16(22)15-11-23-17(20-15)12-4-6-13(18)7-5-12/h4-7,11,14H,2-3,8-10,18H2,1H3,(H,19,22). The molecule has 3 rings (SSSR count). The van der Waals surface area contributed by atoms with Gasteiger partial charge in [-0.25, -0.2) is 4.98 Å². The third-order valence-corrected chi connectivity index (χ3v) is 4.33. The molecule has 0 saturated carbocycles. The molecule has 6 heteroatoms.